The third-order valence-corrected chi connectivity index (χ3v) is 2.91. The van der Waals surface area contributed by atoms with E-state index >= 15 is 0 Å². The van der Waals surface area contributed by atoms with Gasteiger partial charge >= 0.3 is 0 Å². The predicted octanol–water partition coefficient (Wildman–Crippen LogP) is 1.04. The van der Waals surface area contributed by atoms with E-state index in [1.165, 1.54) is 0 Å². The third kappa shape index (κ3) is 1.45. The molecule has 1 aliphatic carbocycles. The smallest absolute Gasteiger partial charge is 0.00797 e. The van der Waals surface area contributed by atoms with Gasteiger partial charge in [-0.05, 0) is 18.9 Å². The lowest BCUT2D eigenvalue weighted by Gasteiger charge is -2.36. The minimum Gasteiger partial charge on any atom is -0.330 e. The van der Waals surface area contributed by atoms with E-state index < -0.39 is 0 Å². The maximum absolute atomic E-state index is 5.77. The van der Waals surface area contributed by atoms with Crippen LogP contribution in [-0.4, -0.2) is 13.1 Å². The summed E-state index contributed by atoms with van der Waals surface area (Å²) in [5, 5.41) is 0. The fourth-order valence-corrected chi connectivity index (χ4v) is 1.82. The van der Waals surface area contributed by atoms with Crippen molar-refractivity contribution in [2.45, 2.75) is 13.3 Å². The first kappa shape index (κ1) is 9.49. The van der Waals surface area contributed by atoms with Crippen LogP contribution in [0.2, 0.25) is 0 Å². The Hall–Kier alpha value is -0.600. The molecular formula is C10H18N2. The molecule has 1 aliphatic rings. The number of hydrogen-bond acceptors (Lipinski definition) is 2. The molecule has 0 radical (unpaired) electrons. The monoisotopic (exact) mass is 166 g/mol. The largest absolute Gasteiger partial charge is 0.330 e. The Morgan fingerprint density at radius 2 is 2.08 bits per heavy atom. The van der Waals surface area contributed by atoms with E-state index in [1.807, 2.05) is 0 Å². The molecular weight excluding hydrogens is 148 g/mol. The van der Waals surface area contributed by atoms with Gasteiger partial charge in [0.25, 0.3) is 0 Å². The highest BCUT2D eigenvalue weighted by Crippen LogP contribution is 2.35. The Labute approximate surface area is 74.3 Å². The third-order valence-electron chi connectivity index (χ3n) is 2.91. The van der Waals surface area contributed by atoms with Gasteiger partial charge in [0.15, 0.2) is 0 Å². The van der Waals surface area contributed by atoms with Gasteiger partial charge in [0.05, 0.1) is 0 Å². The summed E-state index contributed by atoms with van der Waals surface area (Å²) in [6.45, 7) is 3.54. The standard InChI is InChI=1S/C10H18N2/c1-2-10(8-12)6-4-3-5-9(10)7-11/h3-6,9H,2,7-8,11-12H2,1H3. The average molecular weight is 166 g/mol. The van der Waals surface area contributed by atoms with Crippen molar-refractivity contribution in [3.8, 4) is 0 Å². The van der Waals surface area contributed by atoms with Crippen molar-refractivity contribution >= 4 is 0 Å². The fourth-order valence-electron chi connectivity index (χ4n) is 1.82. The SMILES string of the molecule is CCC1(CN)C=CC=CC1CN. The first-order valence-corrected chi connectivity index (χ1v) is 4.55. The summed E-state index contributed by atoms with van der Waals surface area (Å²) in [4.78, 5) is 0. The van der Waals surface area contributed by atoms with E-state index in [1.54, 1.807) is 0 Å². The Kier molecular flexibility index (Phi) is 3.06. The minimum absolute atomic E-state index is 0.115. The molecule has 0 aromatic carbocycles. The van der Waals surface area contributed by atoms with Crippen LogP contribution in [0.15, 0.2) is 24.3 Å². The highest BCUT2D eigenvalue weighted by Gasteiger charge is 2.31. The predicted molar refractivity (Wildman–Crippen MR) is 52.6 cm³/mol. The van der Waals surface area contributed by atoms with Crippen LogP contribution in [-0.2, 0) is 0 Å². The lowest BCUT2D eigenvalue weighted by Crippen LogP contribution is -2.39. The van der Waals surface area contributed by atoms with E-state index in [9.17, 15) is 0 Å². The molecule has 2 atom stereocenters. The molecule has 1 rings (SSSR count). The van der Waals surface area contributed by atoms with Gasteiger partial charge < -0.3 is 11.5 Å². The molecule has 0 saturated heterocycles. The molecule has 0 amide bonds. The van der Waals surface area contributed by atoms with Gasteiger partial charge in [-0.2, -0.15) is 0 Å². The molecule has 0 aromatic heterocycles. The van der Waals surface area contributed by atoms with E-state index in [4.69, 9.17) is 11.5 Å². The van der Waals surface area contributed by atoms with E-state index in [2.05, 4.69) is 31.2 Å². The molecule has 0 bridgehead atoms. The first-order chi connectivity index (χ1) is 5.79. The zero-order valence-corrected chi connectivity index (χ0v) is 7.66. The quantitative estimate of drug-likeness (QED) is 0.658. The van der Waals surface area contributed by atoms with E-state index in [-0.39, 0.29) is 5.41 Å². The van der Waals surface area contributed by atoms with Crippen LogP contribution in [0.3, 0.4) is 0 Å². The van der Waals surface area contributed by atoms with E-state index in [0.29, 0.717) is 19.0 Å². The van der Waals surface area contributed by atoms with Crippen LogP contribution in [0.5, 0.6) is 0 Å². The van der Waals surface area contributed by atoms with Gasteiger partial charge in [0, 0.05) is 12.0 Å². The van der Waals surface area contributed by atoms with Crippen molar-refractivity contribution in [2.75, 3.05) is 13.1 Å². The van der Waals surface area contributed by atoms with Gasteiger partial charge in [-0.1, -0.05) is 31.2 Å². The summed E-state index contributed by atoms with van der Waals surface area (Å²) in [5.74, 6) is 0.414. The van der Waals surface area contributed by atoms with Crippen molar-refractivity contribution in [2.24, 2.45) is 22.8 Å². The number of rotatable bonds is 3. The topological polar surface area (TPSA) is 52.0 Å². The second-order valence-electron chi connectivity index (χ2n) is 3.38. The van der Waals surface area contributed by atoms with Crippen molar-refractivity contribution in [1.29, 1.82) is 0 Å². The number of allylic oxidation sites excluding steroid dienone is 2. The Bertz CT molecular complexity index is 190. The second kappa shape index (κ2) is 3.87. The number of nitrogens with two attached hydrogens (primary N) is 2. The van der Waals surface area contributed by atoms with Gasteiger partial charge in [-0.15, -0.1) is 0 Å². The highest BCUT2D eigenvalue weighted by atomic mass is 14.6. The van der Waals surface area contributed by atoms with Crippen molar-refractivity contribution in [3.05, 3.63) is 24.3 Å². The molecule has 0 fully saturated rings. The summed E-state index contributed by atoms with van der Waals surface area (Å²) in [6.07, 6.45) is 9.55. The summed E-state index contributed by atoms with van der Waals surface area (Å²) in [7, 11) is 0. The fraction of sp³-hybridized carbons (Fsp3) is 0.600. The lowest BCUT2D eigenvalue weighted by atomic mass is 9.71. The van der Waals surface area contributed by atoms with Crippen molar-refractivity contribution in [1.82, 2.24) is 0 Å². The van der Waals surface area contributed by atoms with Gasteiger partial charge in [0.2, 0.25) is 0 Å². The average Bonchev–Trinajstić information content (AvgIpc) is 2.17. The minimum atomic E-state index is 0.115. The van der Waals surface area contributed by atoms with E-state index in [0.717, 1.165) is 6.42 Å². The Morgan fingerprint density at radius 1 is 1.33 bits per heavy atom. The van der Waals surface area contributed by atoms with Crippen LogP contribution in [0.25, 0.3) is 0 Å². The van der Waals surface area contributed by atoms with Crippen LogP contribution >= 0.6 is 0 Å². The van der Waals surface area contributed by atoms with Gasteiger partial charge in [-0.3, -0.25) is 0 Å². The molecule has 0 aliphatic heterocycles. The molecule has 68 valence electrons. The van der Waals surface area contributed by atoms with Crippen molar-refractivity contribution in [3.63, 3.8) is 0 Å². The molecule has 0 aromatic rings. The summed E-state index contributed by atoms with van der Waals surface area (Å²) < 4.78 is 0. The highest BCUT2D eigenvalue weighted by molar-refractivity contribution is 5.20. The maximum Gasteiger partial charge on any atom is 0.00797 e. The van der Waals surface area contributed by atoms with Gasteiger partial charge in [-0.25, -0.2) is 0 Å². The molecule has 12 heavy (non-hydrogen) atoms. The van der Waals surface area contributed by atoms with Crippen LogP contribution < -0.4 is 11.5 Å². The maximum atomic E-state index is 5.77. The van der Waals surface area contributed by atoms with Crippen molar-refractivity contribution < 1.29 is 0 Å². The van der Waals surface area contributed by atoms with Crippen LogP contribution in [0.1, 0.15) is 13.3 Å². The second-order valence-corrected chi connectivity index (χ2v) is 3.38. The Balaban J connectivity index is 2.84. The number of hydrogen-bond donors (Lipinski definition) is 2. The summed E-state index contributed by atoms with van der Waals surface area (Å²) in [6, 6.07) is 0. The normalized spacial score (nSPS) is 34.1. The van der Waals surface area contributed by atoms with Gasteiger partial charge in [0.1, 0.15) is 0 Å². The zero-order valence-electron chi connectivity index (χ0n) is 7.66. The lowest BCUT2D eigenvalue weighted by molar-refractivity contribution is 0.277. The Morgan fingerprint density at radius 3 is 2.50 bits per heavy atom. The molecule has 0 heterocycles. The van der Waals surface area contributed by atoms with Crippen LogP contribution in [0.4, 0.5) is 0 Å². The summed E-state index contributed by atoms with van der Waals surface area (Å²) >= 11 is 0. The summed E-state index contributed by atoms with van der Waals surface area (Å²) in [5.41, 5.74) is 11.6. The molecule has 0 spiro atoms. The molecule has 4 N–H and O–H groups in total. The molecule has 2 heteroatoms. The zero-order chi connectivity index (χ0) is 9.03. The molecule has 2 nitrogen and oxygen atoms in total. The first-order valence-electron chi connectivity index (χ1n) is 4.55. The van der Waals surface area contributed by atoms with Crippen LogP contribution in [0, 0.1) is 11.3 Å². The molecule has 0 saturated carbocycles. The molecule has 2 unspecified atom stereocenters.